The van der Waals surface area contributed by atoms with Gasteiger partial charge in [-0.25, -0.2) is 22.7 Å². The van der Waals surface area contributed by atoms with Crippen molar-refractivity contribution >= 4 is 38.3 Å². The van der Waals surface area contributed by atoms with Gasteiger partial charge in [0.15, 0.2) is 0 Å². The van der Waals surface area contributed by atoms with E-state index in [1.165, 1.54) is 10.6 Å². The smallest absolute Gasteiger partial charge is 0.229 e. The number of hydrogen-bond donors (Lipinski definition) is 2. The third kappa shape index (κ3) is 3.59. The summed E-state index contributed by atoms with van der Waals surface area (Å²) >= 11 is 0. The average Bonchev–Trinajstić information content (AvgIpc) is 3.26. The molecule has 2 atom stereocenters. The van der Waals surface area contributed by atoms with Crippen LogP contribution >= 0.6 is 0 Å². The number of nitrogens with zero attached hydrogens (tertiary/aromatic N) is 4. The molecule has 4 heterocycles. The van der Waals surface area contributed by atoms with Crippen LogP contribution in [-0.2, 0) is 14.8 Å². The fraction of sp³-hybridized carbons (Fsp3) is 0.364. The average molecular weight is 453 g/mol. The second-order valence-corrected chi connectivity index (χ2v) is 10.8. The van der Waals surface area contributed by atoms with Gasteiger partial charge >= 0.3 is 0 Å². The van der Waals surface area contributed by atoms with Crippen molar-refractivity contribution in [3.05, 3.63) is 42.4 Å². The molecule has 2 unspecified atom stereocenters. The van der Waals surface area contributed by atoms with Gasteiger partial charge in [0.2, 0.25) is 15.9 Å². The maximum absolute atomic E-state index is 12.9. The second-order valence-electron chi connectivity index (χ2n) is 8.83. The summed E-state index contributed by atoms with van der Waals surface area (Å²) in [6.07, 6.45) is 7.70. The molecule has 1 saturated heterocycles. The Labute approximate surface area is 186 Å². The van der Waals surface area contributed by atoms with E-state index in [0.717, 1.165) is 16.5 Å². The van der Waals surface area contributed by atoms with Crippen molar-refractivity contribution in [2.24, 2.45) is 11.3 Å². The van der Waals surface area contributed by atoms with Gasteiger partial charge in [-0.2, -0.15) is 0 Å². The van der Waals surface area contributed by atoms with Crippen molar-refractivity contribution in [3.63, 3.8) is 0 Å². The van der Waals surface area contributed by atoms with Gasteiger partial charge in [-0.05, 0) is 54.3 Å². The number of aryl methyl sites for hydroxylation is 1. The number of nitrogen functional groups attached to an aromatic ring is 1. The lowest BCUT2D eigenvalue weighted by atomic mass is 10.0. The zero-order valence-electron chi connectivity index (χ0n) is 17.9. The molecule has 3 aromatic rings. The zero-order chi connectivity index (χ0) is 22.7. The number of hydrogen-bond acceptors (Lipinski definition) is 7. The minimum absolute atomic E-state index is 0.127. The first-order valence-electron chi connectivity index (χ1n) is 10.4. The molecule has 10 heteroatoms. The van der Waals surface area contributed by atoms with Gasteiger partial charge in [0.05, 0.1) is 11.9 Å². The quantitative estimate of drug-likeness (QED) is 0.620. The molecule has 1 spiro atoms. The van der Waals surface area contributed by atoms with Gasteiger partial charge in [-0.15, -0.1) is 0 Å². The van der Waals surface area contributed by atoms with E-state index < -0.39 is 10.0 Å². The Morgan fingerprint density at radius 2 is 2.12 bits per heavy atom. The molecule has 5 rings (SSSR count). The SMILES string of the molecule is Cc1ccncc1-c1cc2cc(NC(=O)C3CC34CCN(S(C)(=O)=O)C4)ncc2c(N)n1. The number of carbonyl (C=O) groups is 1. The monoisotopic (exact) mass is 452 g/mol. The van der Waals surface area contributed by atoms with Crippen molar-refractivity contribution in [2.75, 3.05) is 30.4 Å². The molecule has 3 N–H and O–H groups in total. The number of nitrogens with two attached hydrogens (primary N) is 1. The molecule has 0 bridgehead atoms. The molecule has 0 aromatic carbocycles. The Hall–Kier alpha value is -3.11. The Balaban J connectivity index is 1.38. The Kier molecular flexibility index (Phi) is 4.68. The highest BCUT2D eigenvalue weighted by molar-refractivity contribution is 7.88. The third-order valence-electron chi connectivity index (χ3n) is 6.64. The summed E-state index contributed by atoms with van der Waals surface area (Å²) in [6, 6.07) is 5.61. The van der Waals surface area contributed by atoms with Gasteiger partial charge in [0, 0.05) is 48.5 Å². The predicted octanol–water partition coefficient (Wildman–Crippen LogP) is 2.19. The lowest BCUT2D eigenvalue weighted by Gasteiger charge is -2.13. The summed E-state index contributed by atoms with van der Waals surface area (Å²) in [6.45, 7) is 2.86. The molecule has 1 saturated carbocycles. The van der Waals surface area contributed by atoms with Crippen LogP contribution in [0.5, 0.6) is 0 Å². The van der Waals surface area contributed by atoms with Crippen molar-refractivity contribution in [1.29, 1.82) is 0 Å². The van der Waals surface area contributed by atoms with Crippen LogP contribution in [0.2, 0.25) is 0 Å². The third-order valence-corrected chi connectivity index (χ3v) is 7.89. The number of anilines is 2. The summed E-state index contributed by atoms with van der Waals surface area (Å²) in [5.41, 5.74) is 8.55. The molecule has 1 aliphatic heterocycles. The molecule has 32 heavy (non-hydrogen) atoms. The van der Waals surface area contributed by atoms with Crippen LogP contribution in [0.25, 0.3) is 22.0 Å². The molecule has 1 aliphatic carbocycles. The van der Waals surface area contributed by atoms with Gasteiger partial charge < -0.3 is 11.1 Å². The minimum atomic E-state index is -3.23. The van der Waals surface area contributed by atoms with Crippen LogP contribution in [0.4, 0.5) is 11.6 Å². The highest BCUT2D eigenvalue weighted by Gasteiger charge is 2.61. The Morgan fingerprint density at radius 1 is 1.31 bits per heavy atom. The van der Waals surface area contributed by atoms with Crippen molar-refractivity contribution in [3.8, 4) is 11.3 Å². The van der Waals surface area contributed by atoms with E-state index in [1.54, 1.807) is 24.7 Å². The van der Waals surface area contributed by atoms with E-state index in [9.17, 15) is 13.2 Å². The summed E-state index contributed by atoms with van der Waals surface area (Å²) < 4.78 is 25.1. The second kappa shape index (κ2) is 7.21. The molecular formula is C22H24N6O3S. The van der Waals surface area contributed by atoms with Crippen LogP contribution in [0.15, 0.2) is 36.8 Å². The highest BCUT2D eigenvalue weighted by Crippen LogP contribution is 2.59. The highest BCUT2D eigenvalue weighted by atomic mass is 32.2. The summed E-state index contributed by atoms with van der Waals surface area (Å²) in [4.78, 5) is 25.9. The number of nitrogens with one attached hydrogen (secondary N) is 1. The molecule has 2 aliphatic rings. The maximum atomic E-state index is 12.9. The topological polar surface area (TPSA) is 131 Å². The summed E-state index contributed by atoms with van der Waals surface area (Å²) in [5, 5.41) is 4.42. The number of aromatic nitrogens is 3. The van der Waals surface area contributed by atoms with Crippen LogP contribution in [0, 0.1) is 18.3 Å². The first kappa shape index (κ1) is 20.8. The van der Waals surface area contributed by atoms with Crippen LogP contribution < -0.4 is 11.1 Å². The molecule has 166 valence electrons. The fourth-order valence-electron chi connectivity index (χ4n) is 4.63. The van der Waals surface area contributed by atoms with Crippen LogP contribution in [0.3, 0.4) is 0 Å². The van der Waals surface area contributed by atoms with Crippen molar-refractivity contribution in [1.82, 2.24) is 19.3 Å². The van der Waals surface area contributed by atoms with Crippen molar-refractivity contribution < 1.29 is 13.2 Å². The molecule has 1 amide bonds. The number of amides is 1. The van der Waals surface area contributed by atoms with E-state index in [0.29, 0.717) is 48.6 Å². The molecule has 2 fully saturated rings. The summed E-state index contributed by atoms with van der Waals surface area (Å²) in [5.74, 6) is 0.460. The Bertz CT molecular complexity index is 1360. The predicted molar refractivity (Wildman–Crippen MR) is 122 cm³/mol. The number of pyridine rings is 3. The molecule has 9 nitrogen and oxygen atoms in total. The first-order valence-corrected chi connectivity index (χ1v) is 12.2. The molecule has 0 radical (unpaired) electrons. The minimum Gasteiger partial charge on any atom is -0.383 e. The Morgan fingerprint density at radius 3 is 2.84 bits per heavy atom. The maximum Gasteiger partial charge on any atom is 0.229 e. The standard InChI is InChI=1S/C22H24N6O3S/c1-13-3-5-24-10-15(13)18-7-14-8-19(25-11-16(14)20(23)26-18)27-21(29)17-9-22(17)4-6-28(12-22)32(2,30)31/h3,5,7-8,10-11,17H,4,6,9,12H2,1-2H3,(H2,23,26)(H,25,27,29). The van der Waals surface area contributed by atoms with E-state index in [-0.39, 0.29) is 17.2 Å². The lowest BCUT2D eigenvalue weighted by molar-refractivity contribution is -0.118. The van der Waals surface area contributed by atoms with E-state index >= 15 is 0 Å². The fourth-order valence-corrected chi connectivity index (χ4v) is 5.55. The first-order chi connectivity index (χ1) is 15.2. The molecular weight excluding hydrogens is 428 g/mol. The van der Waals surface area contributed by atoms with Gasteiger partial charge in [0.25, 0.3) is 0 Å². The van der Waals surface area contributed by atoms with Gasteiger partial charge in [0.1, 0.15) is 11.6 Å². The number of rotatable bonds is 4. The normalized spacial score (nSPS) is 23.0. The number of carbonyl (C=O) groups excluding carboxylic acids is 1. The van der Waals surface area contributed by atoms with E-state index in [2.05, 4.69) is 20.3 Å². The largest absolute Gasteiger partial charge is 0.383 e. The van der Waals surface area contributed by atoms with E-state index in [1.807, 2.05) is 19.1 Å². The van der Waals surface area contributed by atoms with E-state index in [4.69, 9.17) is 5.73 Å². The number of sulfonamides is 1. The zero-order valence-corrected chi connectivity index (χ0v) is 18.7. The number of fused-ring (bicyclic) bond motifs is 1. The summed E-state index contributed by atoms with van der Waals surface area (Å²) in [7, 11) is -3.23. The van der Waals surface area contributed by atoms with Crippen molar-refractivity contribution in [2.45, 2.75) is 19.8 Å². The van der Waals surface area contributed by atoms with Crippen LogP contribution in [0.1, 0.15) is 18.4 Å². The van der Waals surface area contributed by atoms with Crippen LogP contribution in [-0.4, -0.2) is 52.9 Å². The van der Waals surface area contributed by atoms with Gasteiger partial charge in [-0.3, -0.25) is 9.78 Å². The molecule has 3 aromatic heterocycles. The van der Waals surface area contributed by atoms with Gasteiger partial charge in [-0.1, -0.05) is 0 Å². The lowest BCUT2D eigenvalue weighted by Crippen LogP contribution is -2.28.